The standard InChI is InChI=1S/C11H11NO3/c1-3-5-9(11(14)15)12-7-8(4-2)6-10(12)13/h1-2,8-9H,5-7H2,(H,14,15). The van der Waals surface area contributed by atoms with Gasteiger partial charge in [0.25, 0.3) is 0 Å². The summed E-state index contributed by atoms with van der Waals surface area (Å²) in [5, 5.41) is 8.90. The third-order valence-corrected chi connectivity index (χ3v) is 2.37. The summed E-state index contributed by atoms with van der Waals surface area (Å²) in [4.78, 5) is 23.6. The monoisotopic (exact) mass is 205 g/mol. The molecule has 0 bridgehead atoms. The molecule has 1 aliphatic heterocycles. The van der Waals surface area contributed by atoms with Gasteiger partial charge in [-0.15, -0.1) is 24.7 Å². The largest absolute Gasteiger partial charge is 0.480 e. The summed E-state index contributed by atoms with van der Waals surface area (Å²) >= 11 is 0. The number of nitrogens with zero attached hydrogens (tertiary/aromatic N) is 1. The van der Waals surface area contributed by atoms with Crippen molar-refractivity contribution < 1.29 is 14.7 Å². The molecular weight excluding hydrogens is 194 g/mol. The van der Waals surface area contributed by atoms with E-state index >= 15 is 0 Å². The SMILES string of the molecule is C#CCC(C(=O)O)N1CC(C#C)CC1=O. The predicted octanol–water partition coefficient (Wildman–Crippen LogP) is -0.0554. The number of carbonyl (C=O) groups is 2. The fourth-order valence-corrected chi connectivity index (χ4v) is 1.59. The number of carbonyl (C=O) groups excluding carboxylic acids is 1. The van der Waals surface area contributed by atoms with Crippen molar-refractivity contribution in [3.05, 3.63) is 0 Å². The number of carboxylic acids is 1. The van der Waals surface area contributed by atoms with Crippen molar-refractivity contribution >= 4 is 11.9 Å². The second-order valence-corrected chi connectivity index (χ2v) is 3.38. The van der Waals surface area contributed by atoms with Gasteiger partial charge in [0.15, 0.2) is 0 Å². The molecule has 2 unspecified atom stereocenters. The number of likely N-dealkylation sites (tertiary alicyclic amines) is 1. The molecule has 1 rings (SSSR count). The van der Waals surface area contributed by atoms with Crippen LogP contribution >= 0.6 is 0 Å². The molecule has 0 saturated carbocycles. The number of terminal acetylenes is 2. The topological polar surface area (TPSA) is 57.6 Å². The Bertz CT molecular complexity index is 361. The zero-order chi connectivity index (χ0) is 11.4. The van der Waals surface area contributed by atoms with Crippen molar-refractivity contribution in [3.63, 3.8) is 0 Å². The van der Waals surface area contributed by atoms with Gasteiger partial charge in [-0.3, -0.25) is 4.79 Å². The third kappa shape index (κ3) is 2.30. The van der Waals surface area contributed by atoms with Gasteiger partial charge in [-0.05, 0) is 0 Å². The fraction of sp³-hybridized carbons (Fsp3) is 0.455. The van der Waals surface area contributed by atoms with E-state index in [2.05, 4.69) is 11.8 Å². The zero-order valence-corrected chi connectivity index (χ0v) is 8.14. The molecule has 1 saturated heterocycles. The normalized spacial score (nSPS) is 21.9. The minimum atomic E-state index is -1.08. The van der Waals surface area contributed by atoms with E-state index in [1.165, 1.54) is 4.90 Å². The number of carboxylic acid groups (broad SMARTS) is 1. The zero-order valence-electron chi connectivity index (χ0n) is 8.14. The van der Waals surface area contributed by atoms with Crippen LogP contribution in [0.1, 0.15) is 12.8 Å². The average molecular weight is 205 g/mol. The highest BCUT2D eigenvalue weighted by atomic mass is 16.4. The van der Waals surface area contributed by atoms with Gasteiger partial charge in [0, 0.05) is 25.3 Å². The third-order valence-electron chi connectivity index (χ3n) is 2.37. The first-order valence-electron chi connectivity index (χ1n) is 4.52. The lowest BCUT2D eigenvalue weighted by Crippen LogP contribution is -2.42. The Balaban J connectivity index is 2.79. The molecule has 78 valence electrons. The Morgan fingerprint density at radius 2 is 2.33 bits per heavy atom. The lowest BCUT2D eigenvalue weighted by atomic mass is 10.1. The Labute approximate surface area is 88.3 Å². The fourth-order valence-electron chi connectivity index (χ4n) is 1.59. The van der Waals surface area contributed by atoms with Crippen molar-refractivity contribution in [3.8, 4) is 24.7 Å². The van der Waals surface area contributed by atoms with E-state index in [-0.39, 0.29) is 31.2 Å². The van der Waals surface area contributed by atoms with Crippen molar-refractivity contribution in [1.29, 1.82) is 0 Å². The molecule has 15 heavy (non-hydrogen) atoms. The molecule has 4 heteroatoms. The number of rotatable bonds is 3. The van der Waals surface area contributed by atoms with Crippen molar-refractivity contribution in [2.75, 3.05) is 6.54 Å². The highest BCUT2D eigenvalue weighted by molar-refractivity contribution is 5.85. The molecule has 0 aromatic heterocycles. The van der Waals surface area contributed by atoms with E-state index in [1.54, 1.807) is 0 Å². The minimum Gasteiger partial charge on any atom is -0.480 e. The van der Waals surface area contributed by atoms with Crippen LogP contribution in [0.15, 0.2) is 0 Å². The Kier molecular flexibility index (Phi) is 3.36. The number of hydrogen-bond acceptors (Lipinski definition) is 2. The van der Waals surface area contributed by atoms with Crippen LogP contribution in [0.4, 0.5) is 0 Å². The summed E-state index contributed by atoms with van der Waals surface area (Å²) in [6.45, 7) is 0.286. The van der Waals surface area contributed by atoms with Crippen LogP contribution in [-0.4, -0.2) is 34.5 Å². The van der Waals surface area contributed by atoms with E-state index in [0.717, 1.165) is 0 Å². The lowest BCUT2D eigenvalue weighted by Gasteiger charge is -2.22. The van der Waals surface area contributed by atoms with Gasteiger partial charge in [-0.25, -0.2) is 4.79 Å². The highest BCUT2D eigenvalue weighted by Gasteiger charge is 2.36. The van der Waals surface area contributed by atoms with Gasteiger partial charge in [0.2, 0.25) is 5.91 Å². The molecule has 0 radical (unpaired) electrons. The van der Waals surface area contributed by atoms with Gasteiger partial charge in [0.05, 0.1) is 0 Å². The average Bonchev–Trinajstić information content (AvgIpc) is 2.55. The highest BCUT2D eigenvalue weighted by Crippen LogP contribution is 2.20. The van der Waals surface area contributed by atoms with Gasteiger partial charge >= 0.3 is 5.97 Å². The Hall–Kier alpha value is -1.94. The molecule has 0 aromatic carbocycles. The van der Waals surface area contributed by atoms with E-state index in [4.69, 9.17) is 18.0 Å². The van der Waals surface area contributed by atoms with E-state index in [9.17, 15) is 9.59 Å². The molecule has 2 atom stereocenters. The first-order chi connectivity index (χ1) is 7.10. The van der Waals surface area contributed by atoms with E-state index in [1.807, 2.05) is 0 Å². The second kappa shape index (κ2) is 4.52. The first kappa shape index (κ1) is 11.1. The van der Waals surface area contributed by atoms with Crippen LogP contribution in [0.5, 0.6) is 0 Å². The molecule has 0 spiro atoms. The molecule has 1 N–H and O–H groups in total. The lowest BCUT2D eigenvalue weighted by molar-refractivity contribution is -0.148. The number of amides is 1. The molecule has 1 amide bonds. The first-order valence-corrected chi connectivity index (χ1v) is 4.52. The van der Waals surface area contributed by atoms with Crippen LogP contribution in [0.25, 0.3) is 0 Å². The van der Waals surface area contributed by atoms with Crippen LogP contribution in [-0.2, 0) is 9.59 Å². The minimum absolute atomic E-state index is 0.0123. The molecule has 1 fully saturated rings. The Morgan fingerprint density at radius 3 is 2.73 bits per heavy atom. The summed E-state index contributed by atoms with van der Waals surface area (Å²) < 4.78 is 0. The summed E-state index contributed by atoms with van der Waals surface area (Å²) in [7, 11) is 0. The quantitative estimate of drug-likeness (QED) is 0.657. The molecule has 1 aliphatic rings. The summed E-state index contributed by atoms with van der Waals surface area (Å²) in [6, 6.07) is -0.944. The van der Waals surface area contributed by atoms with Crippen LogP contribution in [0.3, 0.4) is 0 Å². The second-order valence-electron chi connectivity index (χ2n) is 3.38. The van der Waals surface area contributed by atoms with Crippen molar-refractivity contribution in [2.45, 2.75) is 18.9 Å². The maximum Gasteiger partial charge on any atom is 0.327 e. The molecule has 0 aromatic rings. The van der Waals surface area contributed by atoms with Crippen molar-refractivity contribution in [2.24, 2.45) is 5.92 Å². The number of aliphatic carboxylic acids is 1. The maximum atomic E-state index is 11.5. The predicted molar refractivity (Wildman–Crippen MR) is 53.5 cm³/mol. The van der Waals surface area contributed by atoms with Crippen molar-refractivity contribution in [1.82, 2.24) is 4.90 Å². The van der Waals surface area contributed by atoms with Crippen LogP contribution in [0.2, 0.25) is 0 Å². The Morgan fingerprint density at radius 1 is 1.67 bits per heavy atom. The summed E-state index contributed by atoms with van der Waals surface area (Å²) in [5.74, 6) is 3.19. The summed E-state index contributed by atoms with van der Waals surface area (Å²) in [5.41, 5.74) is 0. The molecule has 0 aliphatic carbocycles. The molecular formula is C11H11NO3. The maximum absolute atomic E-state index is 11.5. The van der Waals surface area contributed by atoms with Crippen LogP contribution < -0.4 is 0 Å². The van der Waals surface area contributed by atoms with Gasteiger partial charge < -0.3 is 10.0 Å². The van der Waals surface area contributed by atoms with E-state index < -0.39 is 12.0 Å². The smallest absolute Gasteiger partial charge is 0.327 e. The van der Waals surface area contributed by atoms with Gasteiger partial charge in [-0.1, -0.05) is 0 Å². The molecule has 4 nitrogen and oxygen atoms in total. The molecule has 1 heterocycles. The number of hydrogen-bond donors (Lipinski definition) is 1. The summed E-state index contributed by atoms with van der Waals surface area (Å²) in [6.07, 6.45) is 10.5. The van der Waals surface area contributed by atoms with Gasteiger partial charge in [-0.2, -0.15) is 0 Å². The van der Waals surface area contributed by atoms with Gasteiger partial charge in [0.1, 0.15) is 6.04 Å². The van der Waals surface area contributed by atoms with E-state index in [0.29, 0.717) is 0 Å². The van der Waals surface area contributed by atoms with Crippen LogP contribution in [0, 0.1) is 30.6 Å².